The molecule has 0 aromatic heterocycles. The van der Waals surface area contributed by atoms with E-state index in [9.17, 15) is 9.59 Å². The van der Waals surface area contributed by atoms with Crippen LogP contribution in [0, 0.1) is 0 Å². The fourth-order valence-electron chi connectivity index (χ4n) is 2.50. The Labute approximate surface area is 125 Å². The van der Waals surface area contributed by atoms with Crippen molar-refractivity contribution in [1.82, 2.24) is 9.80 Å². The maximum absolute atomic E-state index is 12.3. The lowest BCUT2D eigenvalue weighted by molar-refractivity contribution is -0.141. The number of nitrogens with zero attached hydrogens (tertiary/aromatic N) is 2. The zero-order valence-corrected chi connectivity index (χ0v) is 12.7. The third kappa shape index (κ3) is 4.29. The first-order valence-corrected chi connectivity index (χ1v) is 7.20. The van der Waals surface area contributed by atoms with E-state index in [0.29, 0.717) is 26.1 Å². The summed E-state index contributed by atoms with van der Waals surface area (Å²) in [5, 5.41) is 0. The second-order valence-electron chi connectivity index (χ2n) is 5.40. The number of hydrogen-bond donors (Lipinski definition) is 0. The Bertz CT molecular complexity index is 516. The van der Waals surface area contributed by atoms with Gasteiger partial charge in [-0.2, -0.15) is 0 Å². The summed E-state index contributed by atoms with van der Waals surface area (Å²) in [5.74, 6) is -0.141. The van der Waals surface area contributed by atoms with Gasteiger partial charge in [-0.3, -0.25) is 14.5 Å². The monoisotopic (exact) mass is 290 g/mol. The van der Waals surface area contributed by atoms with Crippen molar-refractivity contribution in [1.29, 1.82) is 0 Å². The molecule has 0 radical (unpaired) electrons. The van der Waals surface area contributed by atoms with Gasteiger partial charge in [0, 0.05) is 19.6 Å². The van der Waals surface area contributed by atoms with Gasteiger partial charge in [0.05, 0.1) is 20.1 Å². The largest absolute Gasteiger partial charge is 0.469 e. The van der Waals surface area contributed by atoms with Gasteiger partial charge in [0.1, 0.15) is 0 Å². The maximum atomic E-state index is 12.3. The summed E-state index contributed by atoms with van der Waals surface area (Å²) in [7, 11) is 3.22. The Morgan fingerprint density at radius 2 is 2.00 bits per heavy atom. The highest BCUT2D eigenvalue weighted by molar-refractivity contribution is 5.78. The van der Waals surface area contributed by atoms with Crippen molar-refractivity contribution in [2.75, 3.05) is 33.8 Å². The van der Waals surface area contributed by atoms with E-state index in [0.717, 1.165) is 13.0 Å². The van der Waals surface area contributed by atoms with Crippen molar-refractivity contribution in [2.24, 2.45) is 0 Å². The van der Waals surface area contributed by atoms with Crippen molar-refractivity contribution >= 4 is 11.9 Å². The van der Waals surface area contributed by atoms with E-state index in [-0.39, 0.29) is 11.9 Å². The first-order chi connectivity index (χ1) is 10.1. The molecule has 0 N–H and O–H groups in total. The number of ether oxygens (including phenoxy) is 1. The normalized spacial score (nSPS) is 14.0. The summed E-state index contributed by atoms with van der Waals surface area (Å²) in [4.78, 5) is 27.1. The lowest BCUT2D eigenvalue weighted by Gasteiger charge is -2.30. The van der Waals surface area contributed by atoms with Gasteiger partial charge in [-0.05, 0) is 24.6 Å². The van der Waals surface area contributed by atoms with E-state index in [1.54, 1.807) is 0 Å². The molecule has 0 saturated carbocycles. The molecule has 1 aliphatic rings. The van der Waals surface area contributed by atoms with Crippen molar-refractivity contribution in [3.05, 3.63) is 35.4 Å². The molecule has 1 aromatic carbocycles. The van der Waals surface area contributed by atoms with Gasteiger partial charge in [-0.15, -0.1) is 0 Å². The van der Waals surface area contributed by atoms with E-state index >= 15 is 0 Å². The molecule has 1 aliphatic heterocycles. The third-order valence-electron chi connectivity index (χ3n) is 3.81. The average Bonchev–Trinajstić information content (AvgIpc) is 2.52. The first kappa shape index (κ1) is 15.5. The molecule has 21 heavy (non-hydrogen) atoms. The Morgan fingerprint density at radius 1 is 1.29 bits per heavy atom. The fourth-order valence-corrected chi connectivity index (χ4v) is 2.50. The molecule has 0 saturated heterocycles. The summed E-state index contributed by atoms with van der Waals surface area (Å²) in [6, 6.07) is 8.25. The van der Waals surface area contributed by atoms with Gasteiger partial charge in [-0.25, -0.2) is 0 Å². The Kier molecular flexibility index (Phi) is 5.33. The Morgan fingerprint density at radius 3 is 2.71 bits per heavy atom. The van der Waals surface area contributed by atoms with Crippen LogP contribution in [0.25, 0.3) is 0 Å². The lowest BCUT2D eigenvalue weighted by atomic mass is 10.00. The molecule has 2 rings (SSSR count). The van der Waals surface area contributed by atoms with E-state index < -0.39 is 0 Å². The molecular formula is C16H22N2O3. The van der Waals surface area contributed by atoms with Crippen molar-refractivity contribution in [3.8, 4) is 0 Å². The molecular weight excluding hydrogens is 268 g/mol. The molecule has 1 amide bonds. The quantitative estimate of drug-likeness (QED) is 0.761. The van der Waals surface area contributed by atoms with Crippen molar-refractivity contribution in [3.63, 3.8) is 0 Å². The molecule has 0 spiro atoms. The minimum Gasteiger partial charge on any atom is -0.469 e. The summed E-state index contributed by atoms with van der Waals surface area (Å²) in [6.45, 7) is 2.31. The maximum Gasteiger partial charge on any atom is 0.306 e. The smallest absolute Gasteiger partial charge is 0.306 e. The molecule has 0 fully saturated rings. The highest BCUT2D eigenvalue weighted by atomic mass is 16.5. The highest BCUT2D eigenvalue weighted by Gasteiger charge is 2.21. The number of benzene rings is 1. The molecule has 0 atom stereocenters. The number of rotatable bonds is 5. The van der Waals surface area contributed by atoms with Crippen LogP contribution in [0.1, 0.15) is 17.5 Å². The number of amides is 1. The van der Waals surface area contributed by atoms with Crippen LogP contribution in [0.15, 0.2) is 24.3 Å². The highest BCUT2D eigenvalue weighted by Crippen LogP contribution is 2.18. The predicted molar refractivity (Wildman–Crippen MR) is 79.7 cm³/mol. The minimum absolute atomic E-state index is 0.108. The molecule has 0 bridgehead atoms. The molecule has 0 unspecified atom stereocenters. The van der Waals surface area contributed by atoms with E-state index in [2.05, 4.69) is 16.9 Å². The second-order valence-corrected chi connectivity index (χ2v) is 5.40. The van der Waals surface area contributed by atoms with Crippen LogP contribution >= 0.6 is 0 Å². The summed E-state index contributed by atoms with van der Waals surface area (Å²) in [5.41, 5.74) is 2.56. The van der Waals surface area contributed by atoms with Crippen molar-refractivity contribution < 1.29 is 14.3 Å². The standard InChI is InChI=1S/C16H22N2O3/c1-17(9-8-16(20)21-2)12-15(19)18-10-7-13-5-3-4-6-14(13)11-18/h3-6H,7-12H2,1-2H3. The summed E-state index contributed by atoms with van der Waals surface area (Å²) in [6.07, 6.45) is 1.22. The summed E-state index contributed by atoms with van der Waals surface area (Å²) < 4.78 is 4.60. The number of hydrogen-bond acceptors (Lipinski definition) is 4. The zero-order valence-electron chi connectivity index (χ0n) is 12.7. The third-order valence-corrected chi connectivity index (χ3v) is 3.81. The second kappa shape index (κ2) is 7.22. The topological polar surface area (TPSA) is 49.9 Å². The predicted octanol–water partition coefficient (Wildman–Crippen LogP) is 1.07. The zero-order chi connectivity index (χ0) is 15.2. The Balaban J connectivity index is 1.83. The van der Waals surface area contributed by atoms with Gasteiger partial charge in [0.15, 0.2) is 0 Å². The molecule has 1 heterocycles. The number of fused-ring (bicyclic) bond motifs is 1. The molecule has 5 nitrogen and oxygen atoms in total. The average molecular weight is 290 g/mol. The molecule has 0 aliphatic carbocycles. The van der Waals surface area contributed by atoms with Crippen molar-refractivity contribution in [2.45, 2.75) is 19.4 Å². The van der Waals surface area contributed by atoms with Gasteiger partial charge in [-0.1, -0.05) is 24.3 Å². The van der Waals surface area contributed by atoms with Gasteiger partial charge in [0.25, 0.3) is 0 Å². The molecule has 5 heteroatoms. The van der Waals surface area contributed by atoms with E-state index in [4.69, 9.17) is 0 Å². The van der Waals surface area contributed by atoms with Crippen LogP contribution in [-0.4, -0.2) is 55.5 Å². The lowest BCUT2D eigenvalue weighted by Crippen LogP contribution is -2.42. The van der Waals surface area contributed by atoms with Crippen LogP contribution in [0.2, 0.25) is 0 Å². The van der Waals surface area contributed by atoms with Gasteiger partial charge < -0.3 is 9.64 Å². The van der Waals surface area contributed by atoms with E-state index in [1.165, 1.54) is 18.2 Å². The summed E-state index contributed by atoms with van der Waals surface area (Å²) >= 11 is 0. The van der Waals surface area contributed by atoms with Gasteiger partial charge in [0.2, 0.25) is 5.91 Å². The first-order valence-electron chi connectivity index (χ1n) is 7.20. The SMILES string of the molecule is COC(=O)CCN(C)CC(=O)N1CCc2ccccc2C1. The van der Waals surface area contributed by atoms with Crippen LogP contribution in [0.4, 0.5) is 0 Å². The number of methoxy groups -OCH3 is 1. The number of carbonyl (C=O) groups is 2. The molecule has 114 valence electrons. The minimum atomic E-state index is -0.249. The number of carbonyl (C=O) groups excluding carboxylic acids is 2. The van der Waals surface area contributed by atoms with Crippen LogP contribution in [0.5, 0.6) is 0 Å². The van der Waals surface area contributed by atoms with E-state index in [1.807, 2.05) is 29.0 Å². The van der Waals surface area contributed by atoms with Crippen LogP contribution in [0.3, 0.4) is 0 Å². The van der Waals surface area contributed by atoms with Crippen LogP contribution in [-0.2, 0) is 27.3 Å². The molecule has 1 aromatic rings. The number of esters is 1. The fraction of sp³-hybridized carbons (Fsp3) is 0.500. The van der Waals surface area contributed by atoms with Crippen LogP contribution < -0.4 is 0 Å². The van der Waals surface area contributed by atoms with Gasteiger partial charge >= 0.3 is 5.97 Å². The number of likely N-dealkylation sites (N-methyl/N-ethyl adjacent to an activating group) is 1. The Hall–Kier alpha value is -1.88.